The standard InChI is InChI=1S/C20H24N4O2/c1-23(2)20(26)18-9-6-12-24(18)16-10-11-21-17(13-16)19(25)22-14-15-7-4-3-5-8-15/h3-5,7-8,10-11,13,18H,6,9,12,14H2,1-2H3,(H,22,25). The number of hydrogen-bond donors (Lipinski definition) is 1. The van der Waals surface area contributed by atoms with Gasteiger partial charge in [-0.3, -0.25) is 14.6 Å². The number of amides is 2. The Hall–Kier alpha value is -2.89. The Morgan fingerprint density at radius 3 is 2.73 bits per heavy atom. The van der Waals surface area contributed by atoms with E-state index in [0.717, 1.165) is 30.6 Å². The quantitative estimate of drug-likeness (QED) is 0.895. The Kier molecular flexibility index (Phi) is 5.51. The maximum atomic E-state index is 12.4. The summed E-state index contributed by atoms with van der Waals surface area (Å²) >= 11 is 0. The molecule has 1 saturated heterocycles. The van der Waals surface area contributed by atoms with Gasteiger partial charge in [0.25, 0.3) is 5.91 Å². The zero-order valence-electron chi connectivity index (χ0n) is 15.2. The van der Waals surface area contributed by atoms with Crippen molar-refractivity contribution in [2.75, 3.05) is 25.5 Å². The molecule has 1 aromatic heterocycles. The highest BCUT2D eigenvalue weighted by molar-refractivity contribution is 5.93. The van der Waals surface area contributed by atoms with Gasteiger partial charge in [0.15, 0.2) is 0 Å². The molecule has 0 saturated carbocycles. The number of anilines is 1. The second-order valence-corrected chi connectivity index (χ2v) is 6.65. The molecule has 26 heavy (non-hydrogen) atoms. The average molecular weight is 352 g/mol. The molecule has 1 aliphatic heterocycles. The molecule has 6 heteroatoms. The van der Waals surface area contributed by atoms with Gasteiger partial charge in [0, 0.05) is 39.1 Å². The van der Waals surface area contributed by atoms with Crippen LogP contribution in [0.25, 0.3) is 0 Å². The van der Waals surface area contributed by atoms with Crippen molar-refractivity contribution in [2.24, 2.45) is 0 Å². The van der Waals surface area contributed by atoms with Crippen LogP contribution in [0, 0.1) is 0 Å². The van der Waals surface area contributed by atoms with E-state index in [1.54, 1.807) is 31.3 Å². The van der Waals surface area contributed by atoms with Crippen LogP contribution in [0.3, 0.4) is 0 Å². The third-order valence-corrected chi connectivity index (χ3v) is 4.58. The summed E-state index contributed by atoms with van der Waals surface area (Å²) in [4.78, 5) is 32.7. The van der Waals surface area contributed by atoms with E-state index in [1.807, 2.05) is 36.4 Å². The number of nitrogens with one attached hydrogen (secondary N) is 1. The number of benzene rings is 1. The zero-order chi connectivity index (χ0) is 18.5. The third-order valence-electron chi connectivity index (χ3n) is 4.58. The van der Waals surface area contributed by atoms with Crippen molar-refractivity contribution in [3.8, 4) is 0 Å². The SMILES string of the molecule is CN(C)C(=O)C1CCCN1c1ccnc(C(=O)NCc2ccccc2)c1. The van der Waals surface area contributed by atoms with E-state index in [0.29, 0.717) is 12.2 Å². The van der Waals surface area contributed by atoms with Gasteiger partial charge in [0.05, 0.1) is 0 Å². The van der Waals surface area contributed by atoms with Gasteiger partial charge < -0.3 is 15.1 Å². The van der Waals surface area contributed by atoms with Gasteiger partial charge in [-0.1, -0.05) is 30.3 Å². The summed E-state index contributed by atoms with van der Waals surface area (Å²) in [5, 5.41) is 2.89. The van der Waals surface area contributed by atoms with Crippen LogP contribution < -0.4 is 10.2 Å². The van der Waals surface area contributed by atoms with Gasteiger partial charge in [0.1, 0.15) is 11.7 Å². The molecule has 2 heterocycles. The molecule has 1 atom stereocenters. The van der Waals surface area contributed by atoms with Crippen molar-refractivity contribution in [3.05, 3.63) is 59.9 Å². The Morgan fingerprint density at radius 2 is 2.00 bits per heavy atom. The first-order valence-electron chi connectivity index (χ1n) is 8.82. The fraction of sp³-hybridized carbons (Fsp3) is 0.350. The van der Waals surface area contributed by atoms with Gasteiger partial charge in [-0.25, -0.2) is 0 Å². The van der Waals surface area contributed by atoms with E-state index in [2.05, 4.69) is 15.2 Å². The van der Waals surface area contributed by atoms with E-state index in [4.69, 9.17) is 0 Å². The summed E-state index contributed by atoms with van der Waals surface area (Å²) in [5.41, 5.74) is 2.26. The molecule has 1 aliphatic rings. The summed E-state index contributed by atoms with van der Waals surface area (Å²) < 4.78 is 0. The van der Waals surface area contributed by atoms with Crippen LogP contribution in [0.2, 0.25) is 0 Å². The Bertz CT molecular complexity index is 776. The number of carbonyl (C=O) groups is 2. The number of pyridine rings is 1. The predicted molar refractivity (Wildman–Crippen MR) is 101 cm³/mol. The van der Waals surface area contributed by atoms with Crippen molar-refractivity contribution in [3.63, 3.8) is 0 Å². The van der Waals surface area contributed by atoms with Crippen LogP contribution in [0.15, 0.2) is 48.7 Å². The minimum atomic E-state index is -0.217. The van der Waals surface area contributed by atoms with Gasteiger partial charge in [-0.2, -0.15) is 0 Å². The molecule has 6 nitrogen and oxygen atoms in total. The fourth-order valence-electron chi connectivity index (χ4n) is 3.22. The summed E-state index contributed by atoms with van der Waals surface area (Å²) in [6.45, 7) is 1.26. The summed E-state index contributed by atoms with van der Waals surface area (Å²) in [7, 11) is 3.54. The summed E-state index contributed by atoms with van der Waals surface area (Å²) in [6, 6.07) is 13.2. The molecule has 3 rings (SSSR count). The van der Waals surface area contributed by atoms with Crippen molar-refractivity contribution < 1.29 is 9.59 Å². The highest BCUT2D eigenvalue weighted by Crippen LogP contribution is 2.26. The molecule has 0 aliphatic carbocycles. The first-order chi connectivity index (χ1) is 12.6. The lowest BCUT2D eigenvalue weighted by Gasteiger charge is -2.28. The van der Waals surface area contributed by atoms with Crippen LogP contribution >= 0.6 is 0 Å². The van der Waals surface area contributed by atoms with Crippen LogP contribution in [-0.4, -0.2) is 48.4 Å². The van der Waals surface area contributed by atoms with Gasteiger partial charge in [-0.15, -0.1) is 0 Å². The van der Waals surface area contributed by atoms with Gasteiger partial charge in [0.2, 0.25) is 5.91 Å². The third kappa shape index (κ3) is 4.02. The summed E-state index contributed by atoms with van der Waals surface area (Å²) in [5.74, 6) is -0.125. The lowest BCUT2D eigenvalue weighted by atomic mass is 10.2. The second-order valence-electron chi connectivity index (χ2n) is 6.65. The van der Waals surface area contributed by atoms with E-state index in [-0.39, 0.29) is 17.9 Å². The lowest BCUT2D eigenvalue weighted by Crippen LogP contribution is -2.42. The smallest absolute Gasteiger partial charge is 0.270 e. The van der Waals surface area contributed by atoms with E-state index in [1.165, 1.54) is 0 Å². The molecular formula is C20H24N4O2. The molecular weight excluding hydrogens is 328 g/mol. The number of likely N-dealkylation sites (N-methyl/N-ethyl adjacent to an activating group) is 1. The number of hydrogen-bond acceptors (Lipinski definition) is 4. The Balaban J connectivity index is 1.71. The van der Waals surface area contributed by atoms with Crippen LogP contribution in [-0.2, 0) is 11.3 Å². The zero-order valence-corrected chi connectivity index (χ0v) is 15.2. The minimum absolute atomic E-state index is 0.0920. The van der Waals surface area contributed by atoms with E-state index >= 15 is 0 Å². The maximum Gasteiger partial charge on any atom is 0.270 e. The monoisotopic (exact) mass is 352 g/mol. The first-order valence-corrected chi connectivity index (χ1v) is 8.82. The molecule has 0 spiro atoms. The van der Waals surface area contributed by atoms with Crippen LogP contribution in [0.4, 0.5) is 5.69 Å². The van der Waals surface area contributed by atoms with Crippen molar-refractivity contribution in [2.45, 2.75) is 25.4 Å². The molecule has 1 fully saturated rings. The lowest BCUT2D eigenvalue weighted by molar-refractivity contribution is -0.129. The van der Waals surface area contributed by atoms with Crippen LogP contribution in [0.5, 0.6) is 0 Å². The predicted octanol–water partition coefficient (Wildman–Crippen LogP) is 2.07. The van der Waals surface area contributed by atoms with E-state index < -0.39 is 0 Å². The second kappa shape index (κ2) is 7.99. The number of aromatic nitrogens is 1. The van der Waals surface area contributed by atoms with Gasteiger partial charge >= 0.3 is 0 Å². The van der Waals surface area contributed by atoms with Gasteiger partial charge in [-0.05, 0) is 30.5 Å². The maximum absolute atomic E-state index is 12.4. The molecule has 1 aromatic carbocycles. The first kappa shape index (κ1) is 17.9. The van der Waals surface area contributed by atoms with Crippen molar-refractivity contribution >= 4 is 17.5 Å². The largest absolute Gasteiger partial charge is 0.359 e. The highest BCUT2D eigenvalue weighted by Gasteiger charge is 2.32. The van der Waals surface area contributed by atoms with Crippen molar-refractivity contribution in [1.29, 1.82) is 0 Å². The normalized spacial score (nSPS) is 16.4. The molecule has 1 N–H and O–H groups in total. The Morgan fingerprint density at radius 1 is 1.23 bits per heavy atom. The molecule has 2 aromatic rings. The van der Waals surface area contributed by atoms with E-state index in [9.17, 15) is 9.59 Å². The highest BCUT2D eigenvalue weighted by atomic mass is 16.2. The number of carbonyl (C=O) groups excluding carboxylic acids is 2. The molecule has 136 valence electrons. The molecule has 2 amide bonds. The molecule has 1 unspecified atom stereocenters. The van der Waals surface area contributed by atoms with Crippen molar-refractivity contribution in [1.82, 2.24) is 15.2 Å². The molecule has 0 radical (unpaired) electrons. The Labute approximate surface area is 153 Å². The fourth-order valence-corrected chi connectivity index (χ4v) is 3.22. The number of nitrogens with zero attached hydrogens (tertiary/aromatic N) is 3. The number of rotatable bonds is 5. The van der Waals surface area contributed by atoms with Crippen LogP contribution in [0.1, 0.15) is 28.9 Å². The topological polar surface area (TPSA) is 65.5 Å². The minimum Gasteiger partial charge on any atom is -0.359 e. The molecule has 0 bridgehead atoms. The average Bonchev–Trinajstić information content (AvgIpc) is 3.16. The summed E-state index contributed by atoms with van der Waals surface area (Å²) in [6.07, 6.45) is 3.42.